The van der Waals surface area contributed by atoms with Crippen molar-refractivity contribution in [2.24, 2.45) is 5.41 Å². The van der Waals surface area contributed by atoms with Crippen molar-refractivity contribution in [3.8, 4) is 0 Å². The highest BCUT2D eigenvalue weighted by Crippen LogP contribution is 2.30. The van der Waals surface area contributed by atoms with Crippen molar-refractivity contribution >= 4 is 11.6 Å². The molecule has 1 aromatic carbocycles. The molecule has 1 unspecified atom stereocenters. The molecule has 4 nitrogen and oxygen atoms in total. The lowest BCUT2D eigenvalue weighted by Crippen LogP contribution is -2.39. The maximum absolute atomic E-state index is 11.9. The van der Waals surface area contributed by atoms with Crippen molar-refractivity contribution in [1.82, 2.24) is 10.2 Å². The van der Waals surface area contributed by atoms with Gasteiger partial charge in [-0.15, -0.1) is 0 Å². The number of rotatable bonds is 5. The van der Waals surface area contributed by atoms with Gasteiger partial charge < -0.3 is 16.0 Å². The second kappa shape index (κ2) is 6.27. The molecule has 1 aliphatic rings. The minimum absolute atomic E-state index is 0.165. The first-order valence-corrected chi connectivity index (χ1v) is 7.32. The van der Waals surface area contributed by atoms with Gasteiger partial charge in [0.1, 0.15) is 0 Å². The molecule has 1 saturated heterocycles. The van der Waals surface area contributed by atoms with Crippen LogP contribution in [0.4, 0.5) is 5.69 Å². The first kappa shape index (κ1) is 14.9. The third-order valence-corrected chi connectivity index (χ3v) is 4.25. The average Bonchev–Trinajstić information content (AvgIpc) is 2.83. The van der Waals surface area contributed by atoms with Crippen LogP contribution in [0.1, 0.15) is 25.3 Å². The number of benzene rings is 1. The highest BCUT2D eigenvalue weighted by Gasteiger charge is 2.39. The number of likely N-dealkylation sites (tertiary alicyclic amines) is 1. The normalized spacial score (nSPS) is 22.9. The first-order valence-electron chi connectivity index (χ1n) is 7.32. The summed E-state index contributed by atoms with van der Waals surface area (Å²) in [5.41, 5.74) is 7.61. The van der Waals surface area contributed by atoms with Gasteiger partial charge in [-0.2, -0.15) is 0 Å². The van der Waals surface area contributed by atoms with Crippen LogP contribution < -0.4 is 11.1 Å². The Morgan fingerprint density at radius 3 is 2.75 bits per heavy atom. The number of nitrogens with zero attached hydrogens (tertiary/aromatic N) is 1. The minimum atomic E-state index is -0.212. The predicted molar refractivity (Wildman–Crippen MR) is 82.4 cm³/mol. The van der Waals surface area contributed by atoms with Gasteiger partial charge in [0, 0.05) is 19.3 Å². The second-order valence-corrected chi connectivity index (χ2v) is 6.01. The molecule has 0 bridgehead atoms. The van der Waals surface area contributed by atoms with Gasteiger partial charge >= 0.3 is 0 Å². The number of nitrogens with two attached hydrogens (primary N) is 1. The van der Waals surface area contributed by atoms with Gasteiger partial charge in [0.2, 0.25) is 5.91 Å². The number of hydrogen-bond donors (Lipinski definition) is 2. The maximum atomic E-state index is 11.9. The van der Waals surface area contributed by atoms with Crippen LogP contribution in [-0.2, 0) is 11.2 Å². The molecular formula is C16H25N3O. The number of anilines is 1. The topological polar surface area (TPSA) is 58.4 Å². The number of nitrogen functional groups attached to an aromatic ring is 1. The van der Waals surface area contributed by atoms with E-state index in [-0.39, 0.29) is 11.3 Å². The highest BCUT2D eigenvalue weighted by atomic mass is 16.2. The fourth-order valence-corrected chi connectivity index (χ4v) is 2.93. The van der Waals surface area contributed by atoms with Crippen LogP contribution >= 0.6 is 0 Å². The third-order valence-electron chi connectivity index (χ3n) is 4.25. The van der Waals surface area contributed by atoms with Gasteiger partial charge in [-0.3, -0.25) is 4.79 Å². The largest absolute Gasteiger partial charge is 0.399 e. The summed E-state index contributed by atoms with van der Waals surface area (Å²) < 4.78 is 0. The summed E-state index contributed by atoms with van der Waals surface area (Å²) >= 11 is 0. The Kier molecular flexibility index (Phi) is 4.65. The van der Waals surface area contributed by atoms with Crippen molar-refractivity contribution in [2.45, 2.75) is 26.2 Å². The molecule has 20 heavy (non-hydrogen) atoms. The molecule has 0 saturated carbocycles. The minimum Gasteiger partial charge on any atom is -0.399 e. The molecule has 110 valence electrons. The third kappa shape index (κ3) is 3.51. The van der Waals surface area contributed by atoms with Crippen LogP contribution in [0.5, 0.6) is 0 Å². The molecule has 1 amide bonds. The predicted octanol–water partition coefficient (Wildman–Crippen LogP) is 1.66. The van der Waals surface area contributed by atoms with Crippen LogP contribution in [0.3, 0.4) is 0 Å². The fourth-order valence-electron chi connectivity index (χ4n) is 2.93. The summed E-state index contributed by atoms with van der Waals surface area (Å²) in [4.78, 5) is 14.3. The zero-order valence-corrected chi connectivity index (χ0v) is 12.5. The van der Waals surface area contributed by atoms with E-state index in [2.05, 4.69) is 29.3 Å². The Labute approximate surface area is 121 Å². The smallest absolute Gasteiger partial charge is 0.227 e. The van der Waals surface area contributed by atoms with Gasteiger partial charge in [-0.25, -0.2) is 0 Å². The number of carbonyl (C=O) groups excluding carboxylic acids is 1. The molecule has 0 radical (unpaired) electrons. The molecule has 1 fully saturated rings. The van der Waals surface area contributed by atoms with Crippen LogP contribution in [0.15, 0.2) is 24.3 Å². The Morgan fingerprint density at radius 1 is 1.40 bits per heavy atom. The van der Waals surface area contributed by atoms with E-state index in [0.29, 0.717) is 0 Å². The summed E-state index contributed by atoms with van der Waals surface area (Å²) in [6.07, 6.45) is 3.13. The van der Waals surface area contributed by atoms with E-state index in [4.69, 9.17) is 5.73 Å². The van der Waals surface area contributed by atoms with E-state index in [9.17, 15) is 4.79 Å². The summed E-state index contributed by atoms with van der Waals surface area (Å²) in [6.45, 7) is 5.00. The Hall–Kier alpha value is -1.55. The number of hydrogen-bond acceptors (Lipinski definition) is 3. The molecule has 3 N–H and O–H groups in total. The molecule has 1 heterocycles. The first-order chi connectivity index (χ1) is 9.53. The molecule has 4 heteroatoms. The van der Waals surface area contributed by atoms with E-state index in [1.165, 1.54) is 5.56 Å². The van der Waals surface area contributed by atoms with Crippen molar-refractivity contribution in [2.75, 3.05) is 32.4 Å². The molecule has 0 spiro atoms. The van der Waals surface area contributed by atoms with Crippen molar-refractivity contribution in [1.29, 1.82) is 0 Å². The molecule has 0 aliphatic carbocycles. The van der Waals surface area contributed by atoms with Gasteiger partial charge in [0.15, 0.2) is 0 Å². The number of carbonyl (C=O) groups is 1. The monoisotopic (exact) mass is 275 g/mol. The fraction of sp³-hybridized carbons (Fsp3) is 0.562. The standard InChI is InChI=1S/C16H25N3O/c1-16(15(20)18-2)9-11-19(12-16)10-3-4-13-5-7-14(17)8-6-13/h5-8H,3-4,9-12,17H2,1-2H3,(H,18,20). The van der Waals surface area contributed by atoms with E-state index in [1.54, 1.807) is 7.05 Å². The molecule has 0 aromatic heterocycles. The van der Waals surface area contributed by atoms with Crippen LogP contribution in [0.25, 0.3) is 0 Å². The quantitative estimate of drug-likeness (QED) is 0.804. The van der Waals surface area contributed by atoms with Crippen LogP contribution in [-0.4, -0.2) is 37.5 Å². The summed E-state index contributed by atoms with van der Waals surface area (Å²) in [7, 11) is 1.72. The molecular weight excluding hydrogens is 250 g/mol. The Bertz CT molecular complexity index is 457. The van der Waals surface area contributed by atoms with E-state index in [1.807, 2.05) is 12.1 Å². The highest BCUT2D eigenvalue weighted by molar-refractivity contribution is 5.82. The van der Waals surface area contributed by atoms with Crippen LogP contribution in [0, 0.1) is 5.41 Å². The molecule has 2 rings (SSSR count). The molecule has 1 aromatic rings. The van der Waals surface area contributed by atoms with Gasteiger partial charge in [0.05, 0.1) is 5.41 Å². The van der Waals surface area contributed by atoms with Crippen molar-refractivity contribution in [3.63, 3.8) is 0 Å². The molecule has 1 atom stereocenters. The zero-order chi connectivity index (χ0) is 14.6. The van der Waals surface area contributed by atoms with E-state index < -0.39 is 0 Å². The number of amides is 1. The molecule has 1 aliphatic heterocycles. The van der Waals surface area contributed by atoms with Gasteiger partial charge in [-0.05, 0) is 57.0 Å². The average molecular weight is 275 g/mol. The van der Waals surface area contributed by atoms with Crippen molar-refractivity contribution in [3.05, 3.63) is 29.8 Å². The SMILES string of the molecule is CNC(=O)C1(C)CCN(CCCc2ccc(N)cc2)C1. The Morgan fingerprint density at radius 2 is 2.10 bits per heavy atom. The maximum Gasteiger partial charge on any atom is 0.227 e. The lowest BCUT2D eigenvalue weighted by Gasteiger charge is -2.22. The lowest BCUT2D eigenvalue weighted by molar-refractivity contribution is -0.129. The van der Waals surface area contributed by atoms with Crippen LogP contribution in [0.2, 0.25) is 0 Å². The van der Waals surface area contributed by atoms with Gasteiger partial charge in [0.25, 0.3) is 0 Å². The lowest BCUT2D eigenvalue weighted by atomic mass is 9.89. The van der Waals surface area contributed by atoms with E-state index >= 15 is 0 Å². The summed E-state index contributed by atoms with van der Waals surface area (Å²) in [6, 6.07) is 8.09. The zero-order valence-electron chi connectivity index (χ0n) is 12.5. The summed E-state index contributed by atoms with van der Waals surface area (Å²) in [5, 5.41) is 2.78. The number of nitrogens with one attached hydrogen (secondary N) is 1. The van der Waals surface area contributed by atoms with Crippen molar-refractivity contribution < 1.29 is 4.79 Å². The summed E-state index contributed by atoms with van der Waals surface area (Å²) in [5.74, 6) is 0.165. The van der Waals surface area contributed by atoms with E-state index in [0.717, 1.165) is 44.6 Å². The number of aryl methyl sites for hydroxylation is 1. The second-order valence-electron chi connectivity index (χ2n) is 6.01. The Balaban J connectivity index is 1.76. The van der Waals surface area contributed by atoms with Gasteiger partial charge in [-0.1, -0.05) is 12.1 Å².